The predicted octanol–water partition coefficient (Wildman–Crippen LogP) is 2.69. The van der Waals surface area contributed by atoms with Crippen molar-refractivity contribution in [3.8, 4) is 0 Å². The molecule has 0 aromatic heterocycles. The van der Waals surface area contributed by atoms with Gasteiger partial charge in [-0.2, -0.15) is 0 Å². The molecule has 0 amide bonds. The van der Waals surface area contributed by atoms with E-state index in [4.69, 9.17) is 0 Å². The van der Waals surface area contributed by atoms with Crippen LogP contribution in [0.1, 0.15) is 33.6 Å². The van der Waals surface area contributed by atoms with Crippen molar-refractivity contribution in [2.24, 2.45) is 17.8 Å². The molecule has 1 fully saturated rings. The second-order valence-corrected chi connectivity index (χ2v) is 3.46. The van der Waals surface area contributed by atoms with Crippen LogP contribution in [0.25, 0.3) is 0 Å². The molecule has 0 aromatic carbocycles. The second-order valence-electron chi connectivity index (χ2n) is 3.46. The van der Waals surface area contributed by atoms with Crippen LogP contribution in [0, 0.1) is 17.8 Å². The van der Waals surface area contributed by atoms with Crippen molar-refractivity contribution < 1.29 is 0 Å². The van der Waals surface area contributed by atoms with Gasteiger partial charge in [-0.15, -0.1) is 0 Å². The first-order valence-corrected chi connectivity index (χ1v) is 3.72. The Morgan fingerprint density at radius 2 is 1.88 bits per heavy atom. The van der Waals surface area contributed by atoms with Crippen LogP contribution in [0.5, 0.6) is 0 Å². The monoisotopic (exact) mass is 112 g/mol. The fourth-order valence-electron chi connectivity index (χ4n) is 1.68. The van der Waals surface area contributed by atoms with Gasteiger partial charge in [0.1, 0.15) is 0 Å². The molecule has 0 nitrogen and oxygen atoms in total. The van der Waals surface area contributed by atoms with Crippen LogP contribution in [0.3, 0.4) is 0 Å². The molecule has 2 atom stereocenters. The molecule has 1 rings (SSSR count). The van der Waals surface area contributed by atoms with Gasteiger partial charge in [-0.25, -0.2) is 0 Å². The Bertz CT molecular complexity index is 69.4. The van der Waals surface area contributed by atoms with Gasteiger partial charge in [0.05, 0.1) is 0 Å². The first kappa shape index (κ1) is 6.12. The average Bonchev–Trinajstić information content (AvgIpc) is 1.61. The van der Waals surface area contributed by atoms with Crippen molar-refractivity contribution in [2.45, 2.75) is 33.6 Å². The normalized spacial score (nSPS) is 37.5. The lowest BCUT2D eigenvalue weighted by molar-refractivity contribution is 0.139. The summed E-state index contributed by atoms with van der Waals surface area (Å²) in [5.41, 5.74) is 0. The third kappa shape index (κ3) is 0.888. The molecule has 1 aliphatic rings. The fraction of sp³-hybridized carbons (Fsp3) is 1.00. The van der Waals surface area contributed by atoms with Crippen LogP contribution < -0.4 is 0 Å². The van der Waals surface area contributed by atoms with E-state index in [0.717, 1.165) is 17.8 Å². The SMILES string of the molecule is CC(C)[C@H]1CC[C@H]1C. The summed E-state index contributed by atoms with van der Waals surface area (Å²) in [5, 5.41) is 0. The molecule has 0 aliphatic heterocycles. The first-order chi connectivity index (χ1) is 3.72. The zero-order valence-corrected chi connectivity index (χ0v) is 6.15. The van der Waals surface area contributed by atoms with Crippen LogP contribution in [0.15, 0.2) is 0 Å². The van der Waals surface area contributed by atoms with Crippen LogP contribution >= 0.6 is 0 Å². The van der Waals surface area contributed by atoms with Gasteiger partial charge in [0.15, 0.2) is 0 Å². The summed E-state index contributed by atoms with van der Waals surface area (Å²) in [6.45, 7) is 7.04. The van der Waals surface area contributed by atoms with Crippen LogP contribution in [0.4, 0.5) is 0 Å². The van der Waals surface area contributed by atoms with Gasteiger partial charge >= 0.3 is 0 Å². The van der Waals surface area contributed by atoms with Crippen LogP contribution in [-0.2, 0) is 0 Å². The molecular weight excluding hydrogens is 96.1 g/mol. The highest BCUT2D eigenvalue weighted by Gasteiger charge is 2.28. The van der Waals surface area contributed by atoms with E-state index < -0.39 is 0 Å². The summed E-state index contributed by atoms with van der Waals surface area (Å²) in [6.07, 6.45) is 2.96. The smallest absolute Gasteiger partial charge is 0.0365 e. The Balaban J connectivity index is 2.26. The van der Waals surface area contributed by atoms with Gasteiger partial charge in [-0.1, -0.05) is 27.2 Å². The van der Waals surface area contributed by atoms with E-state index in [1.54, 1.807) is 0 Å². The molecule has 0 saturated heterocycles. The van der Waals surface area contributed by atoms with Gasteiger partial charge in [-0.05, 0) is 24.2 Å². The standard InChI is InChI=1S/C8H16/c1-6(2)8-5-4-7(8)3/h6-8H,4-5H2,1-3H3/t7-,8-/m1/s1. The van der Waals surface area contributed by atoms with E-state index >= 15 is 0 Å². The molecule has 0 spiro atoms. The van der Waals surface area contributed by atoms with Crippen molar-refractivity contribution in [3.63, 3.8) is 0 Å². The molecule has 0 unspecified atom stereocenters. The Kier molecular flexibility index (Phi) is 1.59. The lowest BCUT2D eigenvalue weighted by atomic mass is 9.69. The van der Waals surface area contributed by atoms with E-state index in [9.17, 15) is 0 Å². The molecule has 0 heteroatoms. The second kappa shape index (κ2) is 2.08. The maximum Gasteiger partial charge on any atom is -0.0365 e. The maximum atomic E-state index is 2.37. The van der Waals surface area contributed by atoms with Crippen molar-refractivity contribution in [3.05, 3.63) is 0 Å². The zero-order chi connectivity index (χ0) is 6.15. The molecule has 8 heavy (non-hydrogen) atoms. The highest BCUT2D eigenvalue weighted by Crippen LogP contribution is 2.38. The summed E-state index contributed by atoms with van der Waals surface area (Å²) in [5.74, 6) is 3.00. The molecule has 1 saturated carbocycles. The number of rotatable bonds is 1. The lowest BCUT2D eigenvalue weighted by Crippen LogP contribution is -2.27. The Labute approximate surface area is 52.3 Å². The fourth-order valence-corrected chi connectivity index (χ4v) is 1.68. The summed E-state index contributed by atoms with van der Waals surface area (Å²) in [7, 11) is 0. The molecule has 1 aliphatic carbocycles. The van der Waals surface area contributed by atoms with E-state index in [2.05, 4.69) is 20.8 Å². The van der Waals surface area contributed by atoms with Gasteiger partial charge in [0.25, 0.3) is 0 Å². The predicted molar refractivity (Wildman–Crippen MR) is 36.7 cm³/mol. The molecule has 48 valence electrons. The highest BCUT2D eigenvalue weighted by atomic mass is 14.3. The van der Waals surface area contributed by atoms with Gasteiger partial charge < -0.3 is 0 Å². The Morgan fingerprint density at radius 3 is 1.88 bits per heavy atom. The van der Waals surface area contributed by atoms with Crippen molar-refractivity contribution >= 4 is 0 Å². The highest BCUT2D eigenvalue weighted by molar-refractivity contribution is 4.78. The minimum absolute atomic E-state index is 0.929. The minimum atomic E-state index is 0.929. The Hall–Kier alpha value is 0. The van der Waals surface area contributed by atoms with Crippen molar-refractivity contribution in [1.82, 2.24) is 0 Å². The van der Waals surface area contributed by atoms with Gasteiger partial charge in [-0.3, -0.25) is 0 Å². The topological polar surface area (TPSA) is 0 Å². The van der Waals surface area contributed by atoms with Gasteiger partial charge in [0, 0.05) is 0 Å². The molecule has 0 radical (unpaired) electrons. The van der Waals surface area contributed by atoms with E-state index in [0.29, 0.717) is 0 Å². The van der Waals surface area contributed by atoms with Gasteiger partial charge in [0.2, 0.25) is 0 Å². The Morgan fingerprint density at radius 1 is 1.25 bits per heavy atom. The lowest BCUT2D eigenvalue weighted by Gasteiger charge is -2.36. The third-order valence-corrected chi connectivity index (χ3v) is 2.54. The van der Waals surface area contributed by atoms with Crippen LogP contribution in [-0.4, -0.2) is 0 Å². The number of hydrogen-bond donors (Lipinski definition) is 0. The van der Waals surface area contributed by atoms with Crippen molar-refractivity contribution in [2.75, 3.05) is 0 Å². The summed E-state index contributed by atoms with van der Waals surface area (Å²) >= 11 is 0. The maximum absolute atomic E-state index is 2.37. The molecule has 0 bridgehead atoms. The molecule has 0 N–H and O–H groups in total. The number of hydrogen-bond acceptors (Lipinski definition) is 0. The summed E-state index contributed by atoms with van der Waals surface area (Å²) < 4.78 is 0. The zero-order valence-electron chi connectivity index (χ0n) is 6.15. The molecule has 0 heterocycles. The quantitative estimate of drug-likeness (QED) is 0.489. The molecular formula is C8H16. The summed E-state index contributed by atoms with van der Waals surface area (Å²) in [6, 6.07) is 0. The van der Waals surface area contributed by atoms with E-state index in [-0.39, 0.29) is 0 Å². The molecule has 0 aromatic rings. The van der Waals surface area contributed by atoms with Crippen molar-refractivity contribution in [1.29, 1.82) is 0 Å². The average molecular weight is 112 g/mol. The van der Waals surface area contributed by atoms with E-state index in [1.807, 2.05) is 0 Å². The largest absolute Gasteiger partial charge is 0.0625 e. The first-order valence-electron chi connectivity index (χ1n) is 3.72. The van der Waals surface area contributed by atoms with Crippen LogP contribution in [0.2, 0.25) is 0 Å². The third-order valence-electron chi connectivity index (χ3n) is 2.54. The minimum Gasteiger partial charge on any atom is -0.0625 e. The van der Waals surface area contributed by atoms with E-state index in [1.165, 1.54) is 12.8 Å². The summed E-state index contributed by atoms with van der Waals surface area (Å²) in [4.78, 5) is 0.